The molecule has 2 heterocycles. The summed E-state index contributed by atoms with van der Waals surface area (Å²) in [6.45, 7) is 8.35. The Bertz CT molecular complexity index is 476. The minimum Gasteiger partial charge on any atom is -0.373 e. The molecule has 0 amide bonds. The molecule has 2 aliphatic heterocycles. The highest BCUT2D eigenvalue weighted by Gasteiger charge is 2.45. The topological polar surface area (TPSA) is 12.5 Å². The number of halogens is 1. The molecule has 2 nitrogen and oxygen atoms in total. The average molecular weight is 277 g/mol. The molecule has 20 heavy (non-hydrogen) atoms. The van der Waals surface area contributed by atoms with Gasteiger partial charge in [0.05, 0.1) is 12.2 Å². The number of nitrogens with zero attached hydrogens (tertiary/aromatic N) is 1. The van der Waals surface area contributed by atoms with Crippen molar-refractivity contribution in [3.8, 4) is 0 Å². The van der Waals surface area contributed by atoms with Crippen LogP contribution in [0.2, 0.25) is 0 Å². The van der Waals surface area contributed by atoms with E-state index in [9.17, 15) is 4.39 Å². The van der Waals surface area contributed by atoms with Crippen molar-refractivity contribution in [1.29, 1.82) is 0 Å². The van der Waals surface area contributed by atoms with Crippen LogP contribution in [0.5, 0.6) is 0 Å². The summed E-state index contributed by atoms with van der Waals surface area (Å²) < 4.78 is 19.4. The predicted octanol–water partition coefficient (Wildman–Crippen LogP) is 3.46. The van der Waals surface area contributed by atoms with E-state index in [1.54, 1.807) is 12.1 Å². The van der Waals surface area contributed by atoms with Gasteiger partial charge < -0.3 is 4.74 Å². The molecule has 0 bridgehead atoms. The van der Waals surface area contributed by atoms with Crippen molar-refractivity contribution < 1.29 is 9.13 Å². The van der Waals surface area contributed by atoms with Gasteiger partial charge in [0.15, 0.2) is 0 Å². The van der Waals surface area contributed by atoms with Crippen molar-refractivity contribution in [3.63, 3.8) is 0 Å². The first kappa shape index (κ1) is 14.0. The zero-order chi connectivity index (χ0) is 14.2. The van der Waals surface area contributed by atoms with E-state index in [2.05, 4.69) is 18.7 Å². The van der Waals surface area contributed by atoms with Crippen LogP contribution in [0, 0.1) is 17.7 Å². The maximum atomic E-state index is 13.2. The number of ether oxygens (including phenoxy) is 1. The van der Waals surface area contributed by atoms with Gasteiger partial charge >= 0.3 is 0 Å². The Balaban J connectivity index is 1.60. The summed E-state index contributed by atoms with van der Waals surface area (Å²) in [6, 6.07) is 6.93. The summed E-state index contributed by atoms with van der Waals surface area (Å²) in [7, 11) is 0. The second kappa shape index (κ2) is 5.45. The van der Waals surface area contributed by atoms with Gasteiger partial charge in [0.2, 0.25) is 0 Å². The first-order chi connectivity index (χ1) is 9.56. The van der Waals surface area contributed by atoms with Gasteiger partial charge in [-0.25, -0.2) is 4.39 Å². The van der Waals surface area contributed by atoms with E-state index in [-0.39, 0.29) is 11.4 Å². The highest BCUT2D eigenvalue weighted by Crippen LogP contribution is 2.40. The van der Waals surface area contributed by atoms with E-state index in [0.717, 1.165) is 38.2 Å². The van der Waals surface area contributed by atoms with Crippen LogP contribution in [-0.4, -0.2) is 30.2 Å². The van der Waals surface area contributed by atoms with Gasteiger partial charge in [0.25, 0.3) is 0 Å². The van der Waals surface area contributed by atoms with Crippen molar-refractivity contribution in [2.24, 2.45) is 11.8 Å². The molecule has 2 unspecified atom stereocenters. The number of hydrogen-bond donors (Lipinski definition) is 0. The van der Waals surface area contributed by atoms with Gasteiger partial charge in [-0.1, -0.05) is 26.0 Å². The molecule has 110 valence electrons. The Morgan fingerprint density at radius 2 is 2.30 bits per heavy atom. The van der Waals surface area contributed by atoms with Gasteiger partial charge in [-0.05, 0) is 42.4 Å². The second-order valence-corrected chi connectivity index (χ2v) is 6.79. The Hall–Kier alpha value is -0.930. The highest BCUT2D eigenvalue weighted by molar-refractivity contribution is 5.16. The third-order valence-corrected chi connectivity index (χ3v) is 4.87. The third kappa shape index (κ3) is 2.89. The summed E-state index contributed by atoms with van der Waals surface area (Å²) >= 11 is 0. The molecule has 0 radical (unpaired) electrons. The molecule has 3 heteroatoms. The summed E-state index contributed by atoms with van der Waals surface area (Å²) in [5.74, 6) is 1.25. The lowest BCUT2D eigenvalue weighted by atomic mass is 9.87. The molecule has 0 saturated carbocycles. The molecule has 2 fully saturated rings. The predicted molar refractivity (Wildman–Crippen MR) is 77.9 cm³/mol. The Labute approximate surface area is 120 Å². The van der Waals surface area contributed by atoms with Gasteiger partial charge in [0.1, 0.15) is 5.82 Å². The molecular weight excluding hydrogens is 253 g/mol. The molecule has 1 aromatic carbocycles. The van der Waals surface area contributed by atoms with E-state index < -0.39 is 0 Å². The van der Waals surface area contributed by atoms with Gasteiger partial charge in [-0.3, -0.25) is 4.90 Å². The fraction of sp³-hybridized carbons (Fsp3) is 0.647. The summed E-state index contributed by atoms with van der Waals surface area (Å²) in [4.78, 5) is 2.40. The number of benzene rings is 1. The van der Waals surface area contributed by atoms with Gasteiger partial charge in [-0.15, -0.1) is 0 Å². The molecule has 0 N–H and O–H groups in total. The molecule has 1 aromatic rings. The van der Waals surface area contributed by atoms with Crippen molar-refractivity contribution in [3.05, 3.63) is 35.6 Å². The smallest absolute Gasteiger partial charge is 0.123 e. The molecule has 1 spiro atoms. The minimum atomic E-state index is -0.145. The average Bonchev–Trinajstić information content (AvgIpc) is 2.98. The number of likely N-dealkylation sites (tertiary alicyclic amines) is 1. The van der Waals surface area contributed by atoms with E-state index in [1.165, 1.54) is 12.5 Å². The van der Waals surface area contributed by atoms with E-state index in [4.69, 9.17) is 4.74 Å². The quantitative estimate of drug-likeness (QED) is 0.839. The first-order valence-electron chi connectivity index (χ1n) is 7.67. The molecule has 2 aliphatic rings. The highest BCUT2D eigenvalue weighted by atomic mass is 19.1. The minimum absolute atomic E-state index is 0.0717. The second-order valence-electron chi connectivity index (χ2n) is 6.79. The lowest BCUT2D eigenvalue weighted by molar-refractivity contribution is 0.0106. The van der Waals surface area contributed by atoms with Gasteiger partial charge in [0, 0.05) is 19.6 Å². The van der Waals surface area contributed by atoms with Crippen LogP contribution < -0.4 is 0 Å². The van der Waals surface area contributed by atoms with Crippen molar-refractivity contribution in [2.75, 3.05) is 19.7 Å². The third-order valence-electron chi connectivity index (χ3n) is 4.87. The molecule has 2 saturated heterocycles. The maximum Gasteiger partial charge on any atom is 0.123 e. The Morgan fingerprint density at radius 1 is 1.45 bits per heavy atom. The zero-order valence-electron chi connectivity index (χ0n) is 12.4. The van der Waals surface area contributed by atoms with Crippen LogP contribution in [-0.2, 0) is 11.3 Å². The Kier molecular flexibility index (Phi) is 3.83. The molecule has 0 aliphatic carbocycles. The zero-order valence-corrected chi connectivity index (χ0v) is 12.4. The largest absolute Gasteiger partial charge is 0.373 e. The van der Waals surface area contributed by atoms with Crippen LogP contribution in [0.4, 0.5) is 4.39 Å². The maximum absolute atomic E-state index is 13.2. The number of rotatable bonds is 3. The fourth-order valence-corrected chi connectivity index (χ4v) is 3.55. The monoisotopic (exact) mass is 277 g/mol. The van der Waals surface area contributed by atoms with Crippen LogP contribution in [0.3, 0.4) is 0 Å². The molecule has 2 atom stereocenters. The summed E-state index contributed by atoms with van der Waals surface area (Å²) in [5.41, 5.74) is 1.13. The van der Waals surface area contributed by atoms with Gasteiger partial charge in [-0.2, -0.15) is 0 Å². The fourth-order valence-electron chi connectivity index (χ4n) is 3.55. The number of hydrogen-bond acceptors (Lipinski definition) is 2. The van der Waals surface area contributed by atoms with E-state index >= 15 is 0 Å². The van der Waals surface area contributed by atoms with E-state index in [0.29, 0.717) is 11.8 Å². The van der Waals surface area contributed by atoms with Crippen molar-refractivity contribution >= 4 is 0 Å². The van der Waals surface area contributed by atoms with Crippen molar-refractivity contribution in [1.82, 2.24) is 4.90 Å². The van der Waals surface area contributed by atoms with Crippen LogP contribution in [0.25, 0.3) is 0 Å². The summed E-state index contributed by atoms with van der Waals surface area (Å²) in [6.07, 6.45) is 2.30. The molecular formula is C17H24FNO. The molecule has 0 aromatic heterocycles. The lowest BCUT2D eigenvalue weighted by Crippen LogP contribution is -2.32. The van der Waals surface area contributed by atoms with Crippen LogP contribution >= 0.6 is 0 Å². The van der Waals surface area contributed by atoms with Crippen LogP contribution in [0.15, 0.2) is 24.3 Å². The normalized spacial score (nSPS) is 30.7. The van der Waals surface area contributed by atoms with Crippen molar-refractivity contribution in [2.45, 2.75) is 38.8 Å². The standard InChI is InChI=1S/C17H24FNO/c1-13(2)15-9-17(20-11-15)6-7-19(12-17)10-14-4-3-5-16(18)8-14/h3-5,8,13,15H,6-7,9-12H2,1-2H3. The summed E-state index contributed by atoms with van der Waals surface area (Å²) in [5, 5.41) is 0. The lowest BCUT2D eigenvalue weighted by Gasteiger charge is -2.24. The SMILES string of the molecule is CC(C)C1COC2(CCN(Cc3cccc(F)c3)C2)C1. The van der Waals surface area contributed by atoms with Crippen LogP contribution in [0.1, 0.15) is 32.3 Å². The first-order valence-corrected chi connectivity index (χ1v) is 7.67. The Morgan fingerprint density at radius 3 is 3.00 bits per heavy atom. The van der Waals surface area contributed by atoms with E-state index in [1.807, 2.05) is 6.07 Å². The molecule has 3 rings (SSSR count).